The minimum atomic E-state index is -4.31. The summed E-state index contributed by atoms with van der Waals surface area (Å²) in [6, 6.07) is 4.82. The summed E-state index contributed by atoms with van der Waals surface area (Å²) in [5.41, 5.74) is 6.26. The van der Waals surface area contributed by atoms with Gasteiger partial charge in [0.15, 0.2) is 0 Å². The third-order valence-corrected chi connectivity index (χ3v) is 2.57. The second-order valence-corrected chi connectivity index (χ2v) is 4.22. The number of nitrogens with two attached hydrogens (primary N) is 1. The summed E-state index contributed by atoms with van der Waals surface area (Å²) < 4.78 is 38.6. The van der Waals surface area contributed by atoms with Gasteiger partial charge in [0.2, 0.25) is 5.95 Å². The van der Waals surface area contributed by atoms with Crippen LogP contribution in [0.15, 0.2) is 22.7 Å². The van der Waals surface area contributed by atoms with Crippen LogP contribution in [0.25, 0.3) is 11.0 Å². The molecule has 0 saturated heterocycles. The number of benzene rings is 1. The quantitative estimate of drug-likeness (QED) is 0.878. The van der Waals surface area contributed by atoms with Crippen LogP contribution in [-0.2, 0) is 6.54 Å². The van der Waals surface area contributed by atoms with Crippen molar-refractivity contribution in [1.29, 1.82) is 0 Å². The molecule has 0 aliphatic rings. The Morgan fingerprint density at radius 3 is 2.69 bits per heavy atom. The molecule has 16 heavy (non-hydrogen) atoms. The molecule has 0 saturated carbocycles. The number of alkyl halides is 3. The fourth-order valence-electron chi connectivity index (χ4n) is 1.47. The molecule has 0 unspecified atom stereocenters. The van der Waals surface area contributed by atoms with Crippen molar-refractivity contribution in [2.24, 2.45) is 0 Å². The van der Waals surface area contributed by atoms with E-state index in [2.05, 4.69) is 20.9 Å². The average Bonchev–Trinajstić information content (AvgIpc) is 2.40. The number of hydrogen-bond acceptors (Lipinski definition) is 2. The highest BCUT2D eigenvalue weighted by Crippen LogP contribution is 2.26. The van der Waals surface area contributed by atoms with Crippen LogP contribution in [0.1, 0.15) is 0 Å². The molecular weight excluding hydrogens is 287 g/mol. The van der Waals surface area contributed by atoms with Gasteiger partial charge in [0, 0.05) is 4.47 Å². The van der Waals surface area contributed by atoms with Gasteiger partial charge in [-0.3, -0.25) is 0 Å². The van der Waals surface area contributed by atoms with Crippen LogP contribution in [0.4, 0.5) is 19.1 Å². The van der Waals surface area contributed by atoms with E-state index in [4.69, 9.17) is 5.73 Å². The Labute approximate surface area is 97.2 Å². The molecule has 1 aromatic carbocycles. The molecule has 0 bridgehead atoms. The Morgan fingerprint density at radius 1 is 1.38 bits per heavy atom. The largest absolute Gasteiger partial charge is 0.406 e. The zero-order chi connectivity index (χ0) is 11.9. The first-order chi connectivity index (χ1) is 7.37. The summed E-state index contributed by atoms with van der Waals surface area (Å²) in [5.74, 6) is -0.134. The van der Waals surface area contributed by atoms with Gasteiger partial charge in [-0.1, -0.05) is 15.9 Å². The third-order valence-electron chi connectivity index (χ3n) is 2.08. The molecule has 1 aromatic heterocycles. The Morgan fingerprint density at radius 2 is 2.06 bits per heavy atom. The first-order valence-corrected chi connectivity index (χ1v) is 5.14. The van der Waals surface area contributed by atoms with E-state index < -0.39 is 12.7 Å². The maximum absolute atomic E-state index is 12.3. The lowest BCUT2D eigenvalue weighted by Gasteiger charge is -2.09. The topological polar surface area (TPSA) is 43.8 Å². The molecule has 0 aliphatic carbocycles. The molecule has 2 aromatic rings. The molecule has 7 heteroatoms. The number of rotatable bonds is 1. The Hall–Kier alpha value is -1.24. The number of anilines is 1. The lowest BCUT2D eigenvalue weighted by atomic mass is 10.3. The van der Waals surface area contributed by atoms with Crippen LogP contribution in [0.2, 0.25) is 0 Å². The van der Waals surface area contributed by atoms with Gasteiger partial charge in [-0.25, -0.2) is 4.98 Å². The molecule has 3 nitrogen and oxygen atoms in total. The molecule has 0 fully saturated rings. The van der Waals surface area contributed by atoms with Crippen molar-refractivity contribution >= 4 is 32.9 Å². The van der Waals surface area contributed by atoms with Gasteiger partial charge in [0.25, 0.3) is 0 Å². The van der Waals surface area contributed by atoms with Crippen LogP contribution in [0.3, 0.4) is 0 Å². The molecule has 2 rings (SSSR count). The van der Waals surface area contributed by atoms with Gasteiger partial charge in [0.05, 0.1) is 11.0 Å². The summed E-state index contributed by atoms with van der Waals surface area (Å²) in [7, 11) is 0. The van der Waals surface area contributed by atoms with E-state index in [0.717, 1.165) is 9.04 Å². The number of nitrogen functional groups attached to an aromatic ring is 1. The van der Waals surface area contributed by atoms with Gasteiger partial charge < -0.3 is 10.3 Å². The third kappa shape index (κ3) is 2.13. The highest BCUT2D eigenvalue weighted by molar-refractivity contribution is 9.10. The van der Waals surface area contributed by atoms with Crippen LogP contribution in [0, 0.1) is 0 Å². The minimum absolute atomic E-state index is 0.134. The van der Waals surface area contributed by atoms with E-state index >= 15 is 0 Å². The van der Waals surface area contributed by atoms with E-state index in [0.29, 0.717) is 11.0 Å². The van der Waals surface area contributed by atoms with E-state index in [1.807, 2.05) is 0 Å². The molecule has 0 atom stereocenters. The first-order valence-electron chi connectivity index (χ1n) is 4.35. The Balaban J connectivity index is 2.56. The summed E-state index contributed by atoms with van der Waals surface area (Å²) in [6.45, 7) is -1.13. The predicted octanol–water partition coefficient (Wildman–Crippen LogP) is 2.94. The average molecular weight is 294 g/mol. The lowest BCUT2D eigenvalue weighted by molar-refractivity contribution is -0.139. The molecule has 86 valence electrons. The van der Waals surface area contributed by atoms with Crippen molar-refractivity contribution in [1.82, 2.24) is 9.55 Å². The van der Waals surface area contributed by atoms with Crippen molar-refractivity contribution in [3.05, 3.63) is 22.7 Å². The molecular formula is C9H7BrF3N3. The van der Waals surface area contributed by atoms with Crippen LogP contribution in [0.5, 0.6) is 0 Å². The maximum atomic E-state index is 12.3. The zero-order valence-corrected chi connectivity index (χ0v) is 9.51. The van der Waals surface area contributed by atoms with Gasteiger partial charge in [-0.05, 0) is 18.2 Å². The van der Waals surface area contributed by atoms with E-state index in [1.54, 1.807) is 18.2 Å². The summed E-state index contributed by atoms with van der Waals surface area (Å²) in [5, 5.41) is 0. The van der Waals surface area contributed by atoms with E-state index in [-0.39, 0.29) is 5.95 Å². The second-order valence-electron chi connectivity index (χ2n) is 3.30. The van der Waals surface area contributed by atoms with E-state index in [1.165, 1.54) is 0 Å². The van der Waals surface area contributed by atoms with Crippen molar-refractivity contribution in [3.8, 4) is 0 Å². The number of imidazole rings is 1. The van der Waals surface area contributed by atoms with Crippen LogP contribution >= 0.6 is 15.9 Å². The number of aromatic nitrogens is 2. The maximum Gasteiger partial charge on any atom is 0.406 e. The first kappa shape index (κ1) is 11.3. The molecule has 2 N–H and O–H groups in total. The highest BCUT2D eigenvalue weighted by Gasteiger charge is 2.29. The van der Waals surface area contributed by atoms with Crippen molar-refractivity contribution in [3.63, 3.8) is 0 Å². The highest BCUT2D eigenvalue weighted by atomic mass is 79.9. The van der Waals surface area contributed by atoms with Crippen molar-refractivity contribution in [2.45, 2.75) is 12.7 Å². The number of fused-ring (bicyclic) bond motifs is 1. The SMILES string of the molecule is Nc1nc2cc(Br)ccc2n1CC(F)(F)F. The van der Waals surface area contributed by atoms with Crippen molar-refractivity contribution < 1.29 is 13.2 Å². The van der Waals surface area contributed by atoms with Crippen LogP contribution < -0.4 is 5.73 Å². The molecule has 0 spiro atoms. The summed E-state index contributed by atoms with van der Waals surface area (Å²) in [4.78, 5) is 3.87. The van der Waals surface area contributed by atoms with Gasteiger partial charge >= 0.3 is 6.18 Å². The molecule has 0 amide bonds. The fraction of sp³-hybridized carbons (Fsp3) is 0.222. The minimum Gasteiger partial charge on any atom is -0.369 e. The molecule has 0 radical (unpaired) electrons. The monoisotopic (exact) mass is 293 g/mol. The normalized spacial score (nSPS) is 12.2. The molecule has 1 heterocycles. The number of hydrogen-bond donors (Lipinski definition) is 1. The molecule has 0 aliphatic heterocycles. The fourth-order valence-corrected chi connectivity index (χ4v) is 1.82. The number of halogens is 4. The summed E-state index contributed by atoms with van der Waals surface area (Å²) in [6.07, 6.45) is -4.31. The van der Waals surface area contributed by atoms with Crippen molar-refractivity contribution in [2.75, 3.05) is 5.73 Å². The predicted molar refractivity (Wildman–Crippen MR) is 57.9 cm³/mol. The Bertz CT molecular complexity index is 533. The van der Waals surface area contributed by atoms with Gasteiger partial charge in [-0.15, -0.1) is 0 Å². The van der Waals surface area contributed by atoms with Crippen LogP contribution in [-0.4, -0.2) is 15.7 Å². The Kier molecular flexibility index (Phi) is 2.57. The zero-order valence-electron chi connectivity index (χ0n) is 7.92. The van der Waals surface area contributed by atoms with Gasteiger partial charge in [-0.2, -0.15) is 13.2 Å². The lowest BCUT2D eigenvalue weighted by Crippen LogP contribution is -2.18. The second kappa shape index (κ2) is 3.65. The van der Waals surface area contributed by atoms with E-state index in [9.17, 15) is 13.2 Å². The summed E-state index contributed by atoms with van der Waals surface area (Å²) >= 11 is 3.22. The smallest absolute Gasteiger partial charge is 0.369 e. The standard InChI is InChI=1S/C9H7BrF3N3/c10-5-1-2-7-6(3-5)15-8(14)16(7)4-9(11,12)13/h1-3H,4H2,(H2,14,15). The number of nitrogens with zero attached hydrogens (tertiary/aromatic N) is 2. The van der Waals surface area contributed by atoms with Gasteiger partial charge in [0.1, 0.15) is 6.54 Å².